The molecule has 3 unspecified atom stereocenters. The first-order valence-electron chi connectivity index (χ1n) is 5.12. The lowest BCUT2D eigenvalue weighted by Crippen LogP contribution is -2.36. The van der Waals surface area contributed by atoms with E-state index in [1.807, 2.05) is 6.92 Å². The van der Waals surface area contributed by atoms with Crippen LogP contribution in [0.3, 0.4) is 0 Å². The Morgan fingerprint density at radius 2 is 2.23 bits per heavy atom. The molecule has 0 bridgehead atoms. The van der Waals surface area contributed by atoms with Crippen molar-refractivity contribution >= 4 is 5.91 Å². The van der Waals surface area contributed by atoms with E-state index in [9.17, 15) is 4.79 Å². The van der Waals surface area contributed by atoms with Gasteiger partial charge in [-0.2, -0.15) is 0 Å². The summed E-state index contributed by atoms with van der Waals surface area (Å²) in [6.07, 6.45) is 4.46. The number of amides is 1. The minimum absolute atomic E-state index is 0.122. The molecule has 1 amide bonds. The van der Waals surface area contributed by atoms with E-state index >= 15 is 0 Å². The summed E-state index contributed by atoms with van der Waals surface area (Å²) in [4.78, 5) is 11.4. The standard InChI is InChI=1S/C10H20N2O/c1-7(10(13)12-2)8-4-3-5-9(11)6-8/h7-9H,3-6,11H2,1-2H3,(H,12,13). The van der Waals surface area contributed by atoms with Crippen molar-refractivity contribution in [2.45, 2.75) is 38.6 Å². The molecule has 0 saturated heterocycles. The molecule has 1 aliphatic rings. The summed E-state index contributed by atoms with van der Waals surface area (Å²) in [5.41, 5.74) is 5.87. The molecule has 1 rings (SSSR count). The van der Waals surface area contributed by atoms with Gasteiger partial charge in [-0.05, 0) is 25.2 Å². The molecule has 1 aliphatic carbocycles. The Balaban J connectivity index is 2.45. The van der Waals surface area contributed by atoms with Gasteiger partial charge in [0.15, 0.2) is 0 Å². The van der Waals surface area contributed by atoms with Crippen molar-refractivity contribution in [1.82, 2.24) is 5.32 Å². The van der Waals surface area contributed by atoms with Crippen LogP contribution in [-0.2, 0) is 4.79 Å². The Morgan fingerprint density at radius 1 is 1.54 bits per heavy atom. The maximum atomic E-state index is 11.4. The SMILES string of the molecule is CNC(=O)C(C)C1CCCC(N)C1. The zero-order valence-electron chi connectivity index (χ0n) is 8.55. The molecule has 3 nitrogen and oxygen atoms in total. The second-order valence-corrected chi connectivity index (χ2v) is 4.09. The molecule has 3 heteroatoms. The Bertz CT molecular complexity index is 182. The first-order valence-corrected chi connectivity index (χ1v) is 5.12. The minimum atomic E-state index is 0.122. The Kier molecular flexibility index (Phi) is 3.72. The van der Waals surface area contributed by atoms with Crippen molar-refractivity contribution in [2.24, 2.45) is 17.6 Å². The van der Waals surface area contributed by atoms with Crippen molar-refractivity contribution < 1.29 is 4.79 Å². The number of nitrogens with two attached hydrogens (primary N) is 1. The molecule has 13 heavy (non-hydrogen) atoms. The fourth-order valence-electron chi connectivity index (χ4n) is 2.16. The van der Waals surface area contributed by atoms with Crippen LogP contribution < -0.4 is 11.1 Å². The largest absolute Gasteiger partial charge is 0.359 e. The molecule has 0 spiro atoms. The number of carbonyl (C=O) groups excluding carboxylic acids is 1. The van der Waals surface area contributed by atoms with Gasteiger partial charge in [0.1, 0.15) is 0 Å². The van der Waals surface area contributed by atoms with Gasteiger partial charge in [-0.15, -0.1) is 0 Å². The molecular formula is C10H20N2O. The molecule has 0 aromatic heterocycles. The highest BCUT2D eigenvalue weighted by molar-refractivity contribution is 5.78. The zero-order chi connectivity index (χ0) is 9.84. The second-order valence-electron chi connectivity index (χ2n) is 4.09. The molecule has 0 aromatic rings. The summed E-state index contributed by atoms with van der Waals surface area (Å²) in [7, 11) is 1.70. The van der Waals surface area contributed by atoms with Crippen LogP contribution in [0, 0.1) is 11.8 Å². The molecule has 0 aromatic carbocycles. The molecule has 3 atom stereocenters. The van der Waals surface area contributed by atoms with Crippen LogP contribution in [0.5, 0.6) is 0 Å². The fourth-order valence-corrected chi connectivity index (χ4v) is 2.16. The maximum absolute atomic E-state index is 11.4. The van der Waals surface area contributed by atoms with Crippen molar-refractivity contribution in [3.8, 4) is 0 Å². The van der Waals surface area contributed by atoms with E-state index in [0.717, 1.165) is 19.3 Å². The van der Waals surface area contributed by atoms with Crippen molar-refractivity contribution in [3.05, 3.63) is 0 Å². The van der Waals surface area contributed by atoms with Gasteiger partial charge in [0.25, 0.3) is 0 Å². The van der Waals surface area contributed by atoms with Crippen molar-refractivity contribution in [2.75, 3.05) is 7.05 Å². The topological polar surface area (TPSA) is 55.1 Å². The zero-order valence-corrected chi connectivity index (χ0v) is 8.55. The molecule has 0 aliphatic heterocycles. The third-order valence-corrected chi connectivity index (χ3v) is 3.12. The third kappa shape index (κ3) is 2.69. The van der Waals surface area contributed by atoms with Crippen LogP contribution in [0.25, 0.3) is 0 Å². The lowest BCUT2D eigenvalue weighted by Gasteiger charge is -2.30. The van der Waals surface area contributed by atoms with E-state index in [1.165, 1.54) is 6.42 Å². The van der Waals surface area contributed by atoms with Crippen molar-refractivity contribution in [1.29, 1.82) is 0 Å². The van der Waals surface area contributed by atoms with Crippen LogP contribution >= 0.6 is 0 Å². The van der Waals surface area contributed by atoms with Gasteiger partial charge in [-0.3, -0.25) is 4.79 Å². The van der Waals surface area contributed by atoms with Crippen LogP contribution in [0.1, 0.15) is 32.6 Å². The molecule has 76 valence electrons. The van der Waals surface area contributed by atoms with Gasteiger partial charge in [-0.1, -0.05) is 13.3 Å². The summed E-state index contributed by atoms with van der Waals surface area (Å²) in [5, 5.41) is 2.70. The highest BCUT2D eigenvalue weighted by Gasteiger charge is 2.27. The van der Waals surface area contributed by atoms with Gasteiger partial charge in [-0.25, -0.2) is 0 Å². The fraction of sp³-hybridized carbons (Fsp3) is 0.900. The second kappa shape index (κ2) is 4.61. The molecule has 3 N–H and O–H groups in total. The van der Waals surface area contributed by atoms with Crippen LogP contribution in [0.15, 0.2) is 0 Å². The first-order chi connectivity index (χ1) is 6.15. The van der Waals surface area contributed by atoms with E-state index in [0.29, 0.717) is 12.0 Å². The monoisotopic (exact) mass is 184 g/mol. The predicted octanol–water partition coefficient (Wildman–Crippen LogP) is 0.886. The summed E-state index contributed by atoms with van der Waals surface area (Å²) in [5.74, 6) is 0.763. The average Bonchev–Trinajstić information content (AvgIpc) is 2.15. The lowest BCUT2D eigenvalue weighted by molar-refractivity contribution is -0.126. The quantitative estimate of drug-likeness (QED) is 0.669. The summed E-state index contributed by atoms with van der Waals surface area (Å²) in [6.45, 7) is 2.00. The van der Waals surface area contributed by atoms with Crippen LogP contribution in [0.2, 0.25) is 0 Å². The van der Waals surface area contributed by atoms with Gasteiger partial charge >= 0.3 is 0 Å². The van der Waals surface area contributed by atoms with Crippen LogP contribution in [-0.4, -0.2) is 19.0 Å². The molecular weight excluding hydrogens is 164 g/mol. The molecule has 0 radical (unpaired) electrons. The van der Waals surface area contributed by atoms with E-state index in [1.54, 1.807) is 7.05 Å². The highest BCUT2D eigenvalue weighted by atomic mass is 16.1. The molecule has 0 heterocycles. The van der Waals surface area contributed by atoms with Gasteiger partial charge in [0.05, 0.1) is 0 Å². The van der Waals surface area contributed by atoms with E-state index in [4.69, 9.17) is 5.73 Å². The third-order valence-electron chi connectivity index (χ3n) is 3.12. The van der Waals surface area contributed by atoms with E-state index < -0.39 is 0 Å². The minimum Gasteiger partial charge on any atom is -0.359 e. The average molecular weight is 184 g/mol. The Labute approximate surface area is 80.1 Å². The summed E-state index contributed by atoms with van der Waals surface area (Å²) < 4.78 is 0. The lowest BCUT2D eigenvalue weighted by atomic mass is 9.78. The van der Waals surface area contributed by atoms with Crippen LogP contribution in [0.4, 0.5) is 0 Å². The number of nitrogens with one attached hydrogen (secondary N) is 1. The van der Waals surface area contributed by atoms with Gasteiger partial charge in [0.2, 0.25) is 5.91 Å². The first kappa shape index (κ1) is 10.5. The number of hydrogen-bond donors (Lipinski definition) is 2. The Hall–Kier alpha value is -0.570. The normalized spacial score (nSPS) is 31.0. The predicted molar refractivity (Wildman–Crippen MR) is 53.2 cm³/mol. The number of rotatable bonds is 2. The Morgan fingerprint density at radius 3 is 2.77 bits per heavy atom. The summed E-state index contributed by atoms with van der Waals surface area (Å²) in [6, 6.07) is 0.311. The smallest absolute Gasteiger partial charge is 0.222 e. The highest BCUT2D eigenvalue weighted by Crippen LogP contribution is 2.29. The van der Waals surface area contributed by atoms with Gasteiger partial charge < -0.3 is 11.1 Å². The van der Waals surface area contributed by atoms with E-state index in [-0.39, 0.29) is 11.8 Å². The van der Waals surface area contributed by atoms with Gasteiger partial charge in [0, 0.05) is 19.0 Å². The maximum Gasteiger partial charge on any atom is 0.222 e. The molecule has 1 fully saturated rings. The number of hydrogen-bond acceptors (Lipinski definition) is 2. The number of carbonyl (C=O) groups is 1. The molecule has 1 saturated carbocycles. The van der Waals surface area contributed by atoms with Crippen molar-refractivity contribution in [3.63, 3.8) is 0 Å². The summed E-state index contributed by atoms with van der Waals surface area (Å²) >= 11 is 0. The van der Waals surface area contributed by atoms with E-state index in [2.05, 4.69) is 5.32 Å².